The third-order valence-electron chi connectivity index (χ3n) is 25.7. The summed E-state index contributed by atoms with van der Waals surface area (Å²) in [5, 5.41) is 25.7. The smallest absolute Gasteiger partial charge is 0.281 e. The normalized spacial score (nSPS) is 18.7. The van der Waals surface area contributed by atoms with E-state index < -0.39 is 32.1 Å². The van der Waals surface area contributed by atoms with Crippen molar-refractivity contribution in [2.24, 2.45) is 23.2 Å². The molecule has 0 aliphatic carbocycles. The van der Waals surface area contributed by atoms with Gasteiger partial charge in [-0.2, -0.15) is 0 Å². The Hall–Kier alpha value is -13.9. The summed E-state index contributed by atoms with van der Waals surface area (Å²) in [4.78, 5) is 110. The highest BCUT2D eigenvalue weighted by Crippen LogP contribution is 2.41. The second-order valence-electron chi connectivity index (χ2n) is 34.8. The molecule has 46 heteroatoms. The number of amides is 1. The SMILES string of the molecule is C[C@H]1CCCN(c2ccnc(-c3cnc4cnc(C(F)F)cn34)n2)C1.FC(F)c1cn2c(-c3nccc(N4CCC5(CCNCC5)C4)n3)cnc2cn1.O=C(C1CCCN(c2ccnc(-c3cnc4cnc(C(F)F)cn34)n2)C1)N1CCNCC1.OC[C@@H]1CCCN(c2ccnc(-c3cnc4cnc(C(F)F)cn34)n2)C1.OC[C@H]1CCCCN1c1ccnc(-c2cnc3cnc(C(F)F)cn23)n1. The van der Waals surface area contributed by atoms with Crippen molar-refractivity contribution in [2.45, 2.75) is 122 Å². The second kappa shape index (κ2) is 42.2. The maximum Gasteiger partial charge on any atom is 0.281 e. The highest BCUT2D eigenvalue weighted by Gasteiger charge is 2.40. The Labute approximate surface area is 777 Å². The first-order valence-electron chi connectivity index (χ1n) is 45.6. The minimum Gasteiger partial charge on any atom is -0.396 e. The third kappa shape index (κ3) is 21.2. The minimum atomic E-state index is -2.68. The highest BCUT2D eigenvalue weighted by atomic mass is 19.3. The van der Waals surface area contributed by atoms with E-state index in [1.165, 1.54) is 101 Å². The van der Waals surface area contributed by atoms with E-state index >= 15 is 0 Å². The van der Waals surface area contributed by atoms with Gasteiger partial charge in [-0.05, 0) is 138 Å². The van der Waals surface area contributed by atoms with E-state index in [1.807, 2.05) is 29.2 Å². The molecule has 4 N–H and O–H groups in total. The van der Waals surface area contributed by atoms with Crippen LogP contribution in [0.5, 0.6) is 0 Å². The van der Waals surface area contributed by atoms with Gasteiger partial charge in [-0.25, -0.2) is 144 Å². The summed E-state index contributed by atoms with van der Waals surface area (Å²) >= 11 is 0. The first-order valence-corrected chi connectivity index (χ1v) is 45.6. The molecule has 7 saturated heterocycles. The van der Waals surface area contributed by atoms with Crippen LogP contribution in [0, 0.1) is 23.2 Å². The Morgan fingerprint density at radius 1 is 0.365 bits per heavy atom. The molecule has 0 aromatic carbocycles. The van der Waals surface area contributed by atoms with E-state index in [-0.39, 0.29) is 65.5 Å². The van der Waals surface area contributed by atoms with Crippen LogP contribution >= 0.6 is 0 Å². The molecule has 15 aromatic heterocycles. The van der Waals surface area contributed by atoms with Crippen molar-refractivity contribution < 1.29 is 58.9 Å². The molecule has 15 aromatic rings. The second-order valence-corrected chi connectivity index (χ2v) is 34.8. The molecule has 1 amide bonds. The molecule has 716 valence electrons. The van der Waals surface area contributed by atoms with Gasteiger partial charge in [0.05, 0.1) is 80.5 Å². The highest BCUT2D eigenvalue weighted by molar-refractivity contribution is 5.80. The molecule has 7 aliphatic rings. The van der Waals surface area contributed by atoms with E-state index in [1.54, 1.807) is 76.8 Å². The minimum absolute atomic E-state index is 0.0309. The lowest BCUT2D eigenvalue weighted by Gasteiger charge is -2.36. The predicted molar refractivity (Wildman–Crippen MR) is 485 cm³/mol. The molecule has 36 nitrogen and oxygen atoms in total. The van der Waals surface area contributed by atoms with Crippen LogP contribution < -0.4 is 35.1 Å². The summed E-state index contributed by atoms with van der Waals surface area (Å²) in [6.07, 6.45) is 28.6. The zero-order valence-electron chi connectivity index (χ0n) is 74.6. The fraction of sp³-hybridized carbons (Fsp3) is 0.440. The number of carbonyl (C=O) groups excluding carboxylic acids is 1. The monoisotopic (exact) mass is 1890 g/mol. The molecular formula is C91H99F10N33O3. The van der Waals surface area contributed by atoms with Crippen molar-refractivity contribution in [3.63, 3.8) is 0 Å². The number of halogens is 10. The van der Waals surface area contributed by atoms with Crippen LogP contribution in [0.4, 0.5) is 73.0 Å². The molecular weight excluding hydrogens is 1790 g/mol. The van der Waals surface area contributed by atoms with Gasteiger partial charge < -0.3 is 50.2 Å². The zero-order chi connectivity index (χ0) is 94.8. The molecule has 137 heavy (non-hydrogen) atoms. The Balaban J connectivity index is 0.000000114. The molecule has 22 rings (SSSR count). The maximum absolute atomic E-state index is 13.1. The fourth-order valence-corrected chi connectivity index (χ4v) is 18.5. The Morgan fingerprint density at radius 2 is 0.723 bits per heavy atom. The van der Waals surface area contributed by atoms with Crippen LogP contribution in [-0.2, 0) is 4.79 Å². The van der Waals surface area contributed by atoms with Crippen molar-refractivity contribution in [1.82, 2.24) is 137 Å². The van der Waals surface area contributed by atoms with Gasteiger partial charge in [-0.15, -0.1) is 0 Å². The predicted octanol–water partition coefficient (Wildman–Crippen LogP) is 12.6. The first-order chi connectivity index (χ1) is 66.7. The molecule has 4 atom stereocenters. The van der Waals surface area contributed by atoms with E-state index in [4.69, 9.17) is 4.98 Å². The summed E-state index contributed by atoms with van der Waals surface area (Å²) in [6.45, 7) is 15.5. The lowest BCUT2D eigenvalue weighted by molar-refractivity contribution is -0.136. The van der Waals surface area contributed by atoms with Gasteiger partial charge in [0.2, 0.25) is 5.91 Å². The van der Waals surface area contributed by atoms with E-state index in [0.717, 1.165) is 160 Å². The maximum atomic E-state index is 13.1. The largest absolute Gasteiger partial charge is 0.396 e. The third-order valence-corrected chi connectivity index (χ3v) is 25.7. The van der Waals surface area contributed by atoms with Crippen molar-refractivity contribution in [3.05, 3.63) is 183 Å². The lowest BCUT2D eigenvalue weighted by atomic mass is 9.78. The number of hydrogen-bond donors (Lipinski definition) is 4. The number of rotatable bonds is 18. The number of piperazine rings is 1. The van der Waals surface area contributed by atoms with Gasteiger partial charge in [0.15, 0.2) is 57.4 Å². The van der Waals surface area contributed by atoms with Crippen LogP contribution in [-0.4, -0.2) is 260 Å². The van der Waals surface area contributed by atoms with Gasteiger partial charge in [0.25, 0.3) is 32.1 Å². The van der Waals surface area contributed by atoms with Gasteiger partial charge >= 0.3 is 0 Å². The summed E-state index contributed by atoms with van der Waals surface area (Å²) in [5.74, 6) is 7.05. The Morgan fingerprint density at radius 3 is 1.11 bits per heavy atom. The number of aliphatic hydroxyl groups excluding tert-OH is 2. The van der Waals surface area contributed by atoms with Crippen molar-refractivity contribution in [1.29, 1.82) is 0 Å². The van der Waals surface area contributed by atoms with Gasteiger partial charge in [0.1, 0.15) is 86.0 Å². The van der Waals surface area contributed by atoms with Crippen molar-refractivity contribution in [3.8, 4) is 57.6 Å². The number of nitrogens with zero attached hydrogens (tertiary/aromatic N) is 31. The van der Waals surface area contributed by atoms with Gasteiger partial charge in [-0.1, -0.05) is 6.92 Å². The van der Waals surface area contributed by atoms with E-state index in [9.17, 15) is 58.9 Å². The molecule has 22 heterocycles. The molecule has 7 fully saturated rings. The quantitative estimate of drug-likeness (QED) is 0.0580. The number of imidazole rings is 5. The number of fused-ring (bicyclic) bond motifs is 5. The van der Waals surface area contributed by atoms with Crippen LogP contribution in [0.2, 0.25) is 0 Å². The topological polar surface area (TPSA) is 381 Å². The van der Waals surface area contributed by atoms with Crippen LogP contribution in [0.1, 0.15) is 145 Å². The number of carbonyl (C=O) groups is 1. The molecule has 1 unspecified atom stereocenters. The number of aromatic nitrogens is 25. The number of anilines is 5. The zero-order valence-corrected chi connectivity index (χ0v) is 74.6. The molecule has 1 spiro atoms. The van der Waals surface area contributed by atoms with Crippen LogP contribution in [0.25, 0.3) is 85.8 Å². The Kier molecular flexibility index (Phi) is 28.8. The van der Waals surface area contributed by atoms with Crippen molar-refractivity contribution in [2.75, 3.05) is 136 Å². The summed E-state index contributed by atoms with van der Waals surface area (Å²) in [7, 11) is 0. The number of nitrogens with one attached hydrogen (secondary N) is 2. The lowest BCUT2D eigenvalue weighted by Crippen LogP contribution is -2.51. The molecule has 0 bridgehead atoms. The molecule has 7 aliphatic heterocycles. The summed E-state index contributed by atoms with van der Waals surface area (Å²) < 4.78 is 138. The average Bonchev–Trinajstić information content (AvgIpc) is 1.67. The van der Waals surface area contributed by atoms with Crippen molar-refractivity contribution >= 4 is 63.2 Å². The van der Waals surface area contributed by atoms with Crippen LogP contribution in [0.3, 0.4) is 0 Å². The standard InChI is InChI=1S/C21H24F2N8O.C19H21F2N7.2C17H18F2N6O.C17H18F2N6/c22-19(23)15-13-31-16(10-27-18(31)11-26-15)20-25-4-3-17(28-20)30-7-1-2-14(12-30)21(32)29-8-5-24-6-9-29;20-17(21)13-11-28-14(9-25-16(28)10-24-13)18-23-5-1-15(26-18)27-8-4-19(12-27)2-6-22-7-3-19;18-16(19)12-9-25-13(6-22-15(25)7-21-12)17-20-4-3-14(23-17)24-5-1-2-11(8-24)10-26;18-16(19)12-9-25-13(7-22-15(25)8-21-12)17-20-5-4-14(23-17)24-6-2-1-3-11(24)10-26;1-11-3-2-6-24(9-11)14-4-5-20-17(23-14)13-7-22-15-8-21-12(16(18)19)10-25(13)15/h3-4,10-11,13-14,19,24H,1-2,5-9,12H2;1,5,9-11,17,22H,2-4,6-8,12H2;3-4,6-7,9,11,16,26H,1-2,5,8,10H2;4-5,7-9,11,16,26H,1-3,6,10H2;4-5,7-8,10-11,16H,2-3,6,9H2,1H3/t;;3*11-/m..110/s1. The first kappa shape index (κ1) is 93.5. The summed E-state index contributed by atoms with van der Waals surface area (Å²) in [5.41, 5.74) is 3.82. The Bertz CT molecular complexity index is 6650. The summed E-state index contributed by atoms with van der Waals surface area (Å²) in [6, 6.07) is 9.26. The number of aliphatic hydroxyl groups is 2. The number of hydrogen-bond acceptors (Lipinski definition) is 30. The van der Waals surface area contributed by atoms with Crippen LogP contribution in [0.15, 0.2) is 154 Å². The molecule has 0 saturated carbocycles. The number of piperidine rings is 5. The van der Waals surface area contributed by atoms with E-state index in [2.05, 4.69) is 137 Å². The van der Waals surface area contributed by atoms with E-state index in [0.29, 0.717) is 115 Å². The average molecular weight is 1890 g/mol. The van der Waals surface area contributed by atoms with Gasteiger partial charge in [-0.3, -0.25) is 26.8 Å². The number of alkyl halides is 10. The van der Waals surface area contributed by atoms with Gasteiger partial charge in [0, 0.05) is 154 Å². The fourth-order valence-electron chi connectivity index (χ4n) is 18.5. The molecule has 0 radical (unpaired) electrons.